The summed E-state index contributed by atoms with van der Waals surface area (Å²) in [5, 5.41) is 15.7. The Kier molecular flexibility index (Phi) is 5.60. The Morgan fingerprint density at radius 3 is 2.50 bits per heavy atom. The predicted molar refractivity (Wildman–Crippen MR) is 102 cm³/mol. The molecule has 1 aromatic heterocycles. The van der Waals surface area contributed by atoms with Crippen LogP contribution in [-0.2, 0) is 6.18 Å². The minimum absolute atomic E-state index is 0.0115. The van der Waals surface area contributed by atoms with Crippen molar-refractivity contribution >= 4 is 11.6 Å². The molecule has 0 radical (unpaired) electrons. The second kappa shape index (κ2) is 7.99. The van der Waals surface area contributed by atoms with Gasteiger partial charge in [-0.05, 0) is 50.2 Å². The van der Waals surface area contributed by atoms with E-state index in [0.717, 1.165) is 12.1 Å². The van der Waals surface area contributed by atoms with Gasteiger partial charge in [-0.15, -0.1) is 0 Å². The summed E-state index contributed by atoms with van der Waals surface area (Å²) in [6.07, 6.45) is -4.63. The Morgan fingerprint density at radius 2 is 1.90 bits per heavy atom. The molecular formula is C21H16F4N4O. The number of hydrogen-bond donors (Lipinski definition) is 1. The van der Waals surface area contributed by atoms with Gasteiger partial charge in [-0.2, -0.15) is 23.5 Å². The summed E-state index contributed by atoms with van der Waals surface area (Å²) in [5.41, 5.74) is -0.385. The third-order valence-electron chi connectivity index (χ3n) is 4.28. The number of rotatable bonds is 4. The molecule has 0 spiro atoms. The number of alkyl halides is 3. The van der Waals surface area contributed by atoms with Crippen molar-refractivity contribution in [1.29, 1.82) is 5.26 Å². The highest BCUT2D eigenvalue weighted by atomic mass is 19.4. The molecule has 30 heavy (non-hydrogen) atoms. The van der Waals surface area contributed by atoms with Gasteiger partial charge in [0, 0.05) is 22.9 Å². The lowest BCUT2D eigenvalue weighted by molar-refractivity contribution is -0.141. The van der Waals surface area contributed by atoms with Crippen LogP contribution in [0.4, 0.5) is 23.2 Å². The summed E-state index contributed by atoms with van der Waals surface area (Å²) in [5.74, 6) is -1.11. The van der Waals surface area contributed by atoms with E-state index in [1.165, 1.54) is 41.1 Å². The van der Waals surface area contributed by atoms with Crippen LogP contribution >= 0.6 is 0 Å². The largest absolute Gasteiger partial charge is 0.435 e. The lowest BCUT2D eigenvalue weighted by Gasteiger charge is -2.13. The first kappa shape index (κ1) is 21.0. The number of nitrogens with zero attached hydrogens (tertiary/aromatic N) is 3. The molecule has 0 fully saturated rings. The van der Waals surface area contributed by atoms with E-state index in [4.69, 9.17) is 0 Å². The van der Waals surface area contributed by atoms with Gasteiger partial charge in [-0.3, -0.25) is 9.48 Å². The normalized spacial score (nSPS) is 11.4. The minimum atomic E-state index is -4.63. The molecule has 0 atom stereocenters. The molecule has 3 aromatic rings. The van der Waals surface area contributed by atoms with E-state index in [2.05, 4.69) is 10.4 Å². The van der Waals surface area contributed by atoms with E-state index in [1.54, 1.807) is 13.8 Å². The highest BCUT2D eigenvalue weighted by Crippen LogP contribution is 2.34. The maximum absolute atomic E-state index is 13.3. The Balaban J connectivity index is 2.00. The molecule has 1 N–H and O–H groups in total. The maximum Gasteiger partial charge on any atom is 0.435 e. The first-order valence-electron chi connectivity index (χ1n) is 8.88. The molecule has 9 heteroatoms. The summed E-state index contributed by atoms with van der Waals surface area (Å²) in [7, 11) is 0. The Bertz CT molecular complexity index is 1140. The Morgan fingerprint density at radius 1 is 1.17 bits per heavy atom. The first-order chi connectivity index (χ1) is 14.1. The highest BCUT2D eigenvalue weighted by molar-refractivity contribution is 6.04. The number of amides is 1. The Labute approximate surface area is 169 Å². The zero-order valence-electron chi connectivity index (χ0n) is 16.0. The van der Waals surface area contributed by atoms with Gasteiger partial charge < -0.3 is 5.32 Å². The second-order valence-corrected chi connectivity index (χ2v) is 6.79. The summed E-state index contributed by atoms with van der Waals surface area (Å²) in [6, 6.07) is 11.8. The fourth-order valence-corrected chi connectivity index (χ4v) is 2.90. The van der Waals surface area contributed by atoms with Crippen LogP contribution in [0.3, 0.4) is 0 Å². The Hall–Kier alpha value is -3.67. The number of carbonyl (C=O) groups is 1. The number of hydrogen-bond acceptors (Lipinski definition) is 3. The van der Waals surface area contributed by atoms with E-state index in [1.807, 2.05) is 6.07 Å². The van der Waals surface area contributed by atoms with Crippen LogP contribution in [0.1, 0.15) is 41.5 Å². The van der Waals surface area contributed by atoms with Crippen LogP contribution in [-0.4, -0.2) is 15.7 Å². The van der Waals surface area contributed by atoms with Crippen molar-refractivity contribution in [3.63, 3.8) is 0 Å². The van der Waals surface area contributed by atoms with E-state index >= 15 is 0 Å². The molecule has 5 nitrogen and oxygen atoms in total. The van der Waals surface area contributed by atoms with E-state index in [0.29, 0.717) is 0 Å². The SMILES string of the molecule is CC(C)n1nc(C(F)(F)F)cc1-c1ccc(C(=O)Nc2cccc(F)c2)cc1C#N. The van der Waals surface area contributed by atoms with Crippen molar-refractivity contribution in [3.8, 4) is 17.3 Å². The molecule has 2 aromatic carbocycles. The lowest BCUT2D eigenvalue weighted by atomic mass is 10.0. The van der Waals surface area contributed by atoms with Crippen molar-refractivity contribution in [2.75, 3.05) is 5.32 Å². The number of benzene rings is 2. The van der Waals surface area contributed by atoms with Gasteiger partial charge in [0.05, 0.1) is 17.3 Å². The topological polar surface area (TPSA) is 70.7 Å². The molecule has 0 unspecified atom stereocenters. The van der Waals surface area contributed by atoms with Crippen LogP contribution in [0.5, 0.6) is 0 Å². The third-order valence-corrected chi connectivity index (χ3v) is 4.28. The maximum atomic E-state index is 13.3. The average Bonchev–Trinajstić information content (AvgIpc) is 3.13. The van der Waals surface area contributed by atoms with Crippen molar-refractivity contribution in [1.82, 2.24) is 9.78 Å². The van der Waals surface area contributed by atoms with Gasteiger partial charge in [0.25, 0.3) is 5.91 Å². The molecule has 0 aliphatic heterocycles. The fourth-order valence-electron chi connectivity index (χ4n) is 2.90. The molecule has 0 aliphatic carbocycles. The zero-order valence-corrected chi connectivity index (χ0v) is 16.0. The summed E-state index contributed by atoms with van der Waals surface area (Å²) < 4.78 is 53.9. The molecule has 0 aliphatic rings. The zero-order chi connectivity index (χ0) is 22.1. The van der Waals surface area contributed by atoms with E-state index < -0.39 is 29.6 Å². The number of aromatic nitrogens is 2. The van der Waals surface area contributed by atoms with E-state index in [-0.39, 0.29) is 28.1 Å². The lowest BCUT2D eigenvalue weighted by Crippen LogP contribution is -2.12. The molecule has 3 rings (SSSR count). The predicted octanol–water partition coefficient (Wildman–Crippen LogP) is 5.41. The first-order valence-corrected chi connectivity index (χ1v) is 8.88. The monoisotopic (exact) mass is 416 g/mol. The van der Waals surface area contributed by atoms with Gasteiger partial charge in [0.2, 0.25) is 0 Å². The van der Waals surface area contributed by atoms with Crippen LogP contribution < -0.4 is 5.32 Å². The van der Waals surface area contributed by atoms with Crippen LogP contribution in [0.15, 0.2) is 48.5 Å². The van der Waals surface area contributed by atoms with Crippen molar-refractivity contribution in [3.05, 3.63) is 71.2 Å². The number of anilines is 1. The standard InChI is InChI=1S/C21H16F4N4O/c1-12(2)29-18(10-19(28-29)21(23,24)25)17-7-6-13(8-14(17)11-26)20(30)27-16-5-3-4-15(22)9-16/h3-10,12H,1-2H3,(H,27,30). The smallest absolute Gasteiger partial charge is 0.322 e. The molecule has 1 heterocycles. The van der Waals surface area contributed by atoms with Crippen LogP contribution in [0.25, 0.3) is 11.3 Å². The number of nitrogens with one attached hydrogen (secondary N) is 1. The summed E-state index contributed by atoms with van der Waals surface area (Å²) in [6.45, 7) is 3.34. The second-order valence-electron chi connectivity index (χ2n) is 6.79. The van der Waals surface area contributed by atoms with Crippen LogP contribution in [0, 0.1) is 17.1 Å². The average molecular weight is 416 g/mol. The van der Waals surface area contributed by atoms with E-state index in [9.17, 15) is 27.6 Å². The van der Waals surface area contributed by atoms with Crippen molar-refractivity contribution < 1.29 is 22.4 Å². The van der Waals surface area contributed by atoms with Crippen LogP contribution in [0.2, 0.25) is 0 Å². The van der Waals surface area contributed by atoms with Gasteiger partial charge in [0.1, 0.15) is 5.82 Å². The van der Waals surface area contributed by atoms with Gasteiger partial charge in [0.15, 0.2) is 5.69 Å². The van der Waals surface area contributed by atoms with Gasteiger partial charge >= 0.3 is 6.18 Å². The summed E-state index contributed by atoms with van der Waals surface area (Å²) in [4.78, 5) is 12.4. The molecular weight excluding hydrogens is 400 g/mol. The number of nitriles is 1. The molecule has 0 bridgehead atoms. The third kappa shape index (κ3) is 4.33. The van der Waals surface area contributed by atoms with Crippen molar-refractivity contribution in [2.24, 2.45) is 0 Å². The highest BCUT2D eigenvalue weighted by Gasteiger charge is 2.35. The molecule has 1 amide bonds. The van der Waals surface area contributed by atoms with Gasteiger partial charge in [-0.1, -0.05) is 12.1 Å². The quantitative estimate of drug-likeness (QED) is 0.578. The van der Waals surface area contributed by atoms with Crippen molar-refractivity contribution in [2.45, 2.75) is 26.1 Å². The molecule has 0 saturated carbocycles. The fraction of sp³-hybridized carbons (Fsp3) is 0.190. The number of halogens is 4. The van der Waals surface area contributed by atoms with Gasteiger partial charge in [-0.25, -0.2) is 4.39 Å². The molecule has 154 valence electrons. The summed E-state index contributed by atoms with van der Waals surface area (Å²) >= 11 is 0. The minimum Gasteiger partial charge on any atom is -0.322 e. The number of carbonyl (C=O) groups excluding carboxylic acids is 1. The molecule has 0 saturated heterocycles.